The Kier molecular flexibility index (Phi) is 5.76. The van der Waals surface area contributed by atoms with E-state index >= 15 is 0 Å². The molecule has 21 heavy (non-hydrogen) atoms. The number of nitrogens with zero attached hydrogens (tertiary/aromatic N) is 2. The first-order valence-electron chi connectivity index (χ1n) is 6.83. The van der Waals surface area contributed by atoms with Crippen molar-refractivity contribution in [3.8, 4) is 0 Å². The van der Waals surface area contributed by atoms with Crippen LogP contribution in [0.5, 0.6) is 0 Å². The van der Waals surface area contributed by atoms with Crippen molar-refractivity contribution in [1.82, 2.24) is 9.21 Å². The second-order valence-corrected chi connectivity index (χ2v) is 8.52. The summed E-state index contributed by atoms with van der Waals surface area (Å²) in [7, 11) is 0.157. The third kappa shape index (κ3) is 4.01. The van der Waals surface area contributed by atoms with Gasteiger partial charge in [0.25, 0.3) is 0 Å². The van der Waals surface area contributed by atoms with Gasteiger partial charge in [0.15, 0.2) is 4.67 Å². The van der Waals surface area contributed by atoms with Gasteiger partial charge < -0.3 is 9.32 Å². The Morgan fingerprint density at radius 1 is 1.48 bits per heavy atom. The summed E-state index contributed by atoms with van der Waals surface area (Å²) in [6.45, 7) is 2.57. The van der Waals surface area contributed by atoms with Gasteiger partial charge in [-0.3, -0.25) is 0 Å². The highest BCUT2D eigenvalue weighted by Crippen LogP contribution is 2.30. The highest BCUT2D eigenvalue weighted by Gasteiger charge is 2.29. The fourth-order valence-corrected chi connectivity index (χ4v) is 4.85. The highest BCUT2D eigenvalue weighted by molar-refractivity contribution is 9.10. The largest absolute Gasteiger partial charge is 0.452 e. The third-order valence-electron chi connectivity index (χ3n) is 3.88. The Bertz CT molecular complexity index is 582. The van der Waals surface area contributed by atoms with Crippen LogP contribution in [0.2, 0.25) is 0 Å². The van der Waals surface area contributed by atoms with Gasteiger partial charge in [0, 0.05) is 19.7 Å². The van der Waals surface area contributed by atoms with Gasteiger partial charge in [-0.2, -0.15) is 0 Å². The van der Waals surface area contributed by atoms with Gasteiger partial charge in [-0.15, -0.1) is 11.6 Å². The zero-order chi connectivity index (χ0) is 15.6. The summed E-state index contributed by atoms with van der Waals surface area (Å²) in [5, 5.41) is 0. The molecule has 0 spiro atoms. The quantitative estimate of drug-likeness (QED) is 0.714. The van der Waals surface area contributed by atoms with E-state index in [-0.39, 0.29) is 15.4 Å². The molecule has 0 atom stereocenters. The third-order valence-corrected chi connectivity index (χ3v) is 6.82. The summed E-state index contributed by atoms with van der Waals surface area (Å²) in [4.78, 5) is 2.42. The average Bonchev–Trinajstić information content (AvgIpc) is 2.83. The maximum atomic E-state index is 12.6. The molecule has 2 rings (SSSR count). The summed E-state index contributed by atoms with van der Waals surface area (Å²) in [5.41, 5.74) is 0. The lowest BCUT2D eigenvalue weighted by molar-refractivity contribution is 0.202. The number of hydrogen-bond donors (Lipinski definition) is 0. The van der Waals surface area contributed by atoms with E-state index in [2.05, 4.69) is 27.9 Å². The molecule has 1 aromatic rings. The first kappa shape index (κ1) is 17.3. The summed E-state index contributed by atoms with van der Waals surface area (Å²) >= 11 is 8.84. The number of sulfonamides is 1. The Balaban J connectivity index is 2.09. The molecule has 0 unspecified atom stereocenters. The molecule has 0 radical (unpaired) electrons. The van der Waals surface area contributed by atoms with Crippen molar-refractivity contribution in [2.45, 2.75) is 23.6 Å². The minimum Gasteiger partial charge on any atom is -0.452 e. The van der Waals surface area contributed by atoms with Gasteiger partial charge in [0.2, 0.25) is 10.0 Å². The molecular weight excluding hydrogens is 380 g/mol. The second-order valence-electron chi connectivity index (χ2n) is 5.52. The Morgan fingerprint density at radius 2 is 2.10 bits per heavy atom. The number of likely N-dealkylation sites (tertiary alicyclic amines) is 1. The van der Waals surface area contributed by atoms with Crippen molar-refractivity contribution in [3.05, 3.63) is 16.5 Å². The number of halogens is 2. The molecular formula is C13H20BrClN2O3S. The lowest BCUT2D eigenvalue weighted by atomic mass is 9.97. The molecule has 1 aliphatic rings. The maximum Gasteiger partial charge on any atom is 0.247 e. The van der Waals surface area contributed by atoms with E-state index in [4.69, 9.17) is 16.0 Å². The van der Waals surface area contributed by atoms with Crippen LogP contribution in [0.15, 0.2) is 20.0 Å². The van der Waals surface area contributed by atoms with Gasteiger partial charge in [0.05, 0.1) is 5.88 Å². The number of hydrogen-bond acceptors (Lipinski definition) is 4. The topological polar surface area (TPSA) is 53.8 Å². The van der Waals surface area contributed by atoms with Crippen LogP contribution in [0.25, 0.3) is 0 Å². The molecule has 2 heterocycles. The Morgan fingerprint density at radius 3 is 2.62 bits per heavy atom. The molecule has 120 valence electrons. The Labute approximate surface area is 139 Å². The molecule has 0 aliphatic carbocycles. The Hall–Kier alpha value is -0.0800. The van der Waals surface area contributed by atoms with Crippen LogP contribution in [0, 0.1) is 5.92 Å². The van der Waals surface area contributed by atoms with Crippen LogP contribution in [-0.2, 0) is 15.9 Å². The molecule has 0 saturated carbocycles. The summed E-state index contributed by atoms with van der Waals surface area (Å²) in [5.74, 6) is 0.987. The first-order valence-corrected chi connectivity index (χ1v) is 9.60. The van der Waals surface area contributed by atoms with E-state index in [9.17, 15) is 8.42 Å². The number of piperidine rings is 1. The number of furan rings is 1. The average molecular weight is 400 g/mol. The molecule has 0 bridgehead atoms. The fourth-order valence-electron chi connectivity index (χ4n) is 2.51. The van der Waals surface area contributed by atoms with Crippen molar-refractivity contribution in [3.63, 3.8) is 0 Å². The molecule has 5 nitrogen and oxygen atoms in total. The highest BCUT2D eigenvalue weighted by atomic mass is 79.9. The van der Waals surface area contributed by atoms with Gasteiger partial charge in [-0.1, -0.05) is 0 Å². The van der Waals surface area contributed by atoms with Crippen LogP contribution < -0.4 is 0 Å². The fraction of sp³-hybridized carbons (Fsp3) is 0.692. The summed E-state index contributed by atoms with van der Waals surface area (Å²) < 4.78 is 32.1. The number of rotatable bonds is 5. The van der Waals surface area contributed by atoms with Crippen molar-refractivity contribution < 1.29 is 12.8 Å². The van der Waals surface area contributed by atoms with E-state index in [0.29, 0.717) is 18.2 Å². The van der Waals surface area contributed by atoms with Gasteiger partial charge in [-0.25, -0.2) is 12.7 Å². The molecule has 1 saturated heterocycles. The predicted octanol–water partition coefficient (Wildman–Crippen LogP) is 2.74. The molecule has 1 fully saturated rings. The predicted molar refractivity (Wildman–Crippen MR) is 86.0 cm³/mol. The summed E-state index contributed by atoms with van der Waals surface area (Å²) in [6, 6.07) is 1.48. The summed E-state index contributed by atoms with van der Waals surface area (Å²) in [6.07, 6.45) is 2.05. The van der Waals surface area contributed by atoms with E-state index in [0.717, 1.165) is 25.9 Å². The van der Waals surface area contributed by atoms with Gasteiger partial charge >= 0.3 is 0 Å². The van der Waals surface area contributed by atoms with E-state index < -0.39 is 10.0 Å². The second kappa shape index (κ2) is 7.00. The lowest BCUT2D eigenvalue weighted by Crippen LogP contribution is -2.37. The van der Waals surface area contributed by atoms with E-state index in [1.54, 1.807) is 7.05 Å². The van der Waals surface area contributed by atoms with Crippen molar-refractivity contribution in [2.24, 2.45) is 5.92 Å². The molecule has 0 N–H and O–H groups in total. The maximum absolute atomic E-state index is 12.6. The van der Waals surface area contributed by atoms with Crippen LogP contribution in [-0.4, -0.2) is 51.4 Å². The van der Waals surface area contributed by atoms with Crippen LogP contribution in [0.3, 0.4) is 0 Å². The van der Waals surface area contributed by atoms with E-state index in [1.165, 1.54) is 10.4 Å². The van der Waals surface area contributed by atoms with E-state index in [1.807, 2.05) is 0 Å². The van der Waals surface area contributed by atoms with Crippen molar-refractivity contribution in [2.75, 3.05) is 33.7 Å². The van der Waals surface area contributed by atoms with Crippen molar-refractivity contribution >= 4 is 37.6 Å². The minimum atomic E-state index is -3.55. The first-order chi connectivity index (χ1) is 9.84. The molecule has 1 aromatic heterocycles. The SMILES string of the molecule is CN1CCC(CN(C)S(=O)(=O)c2cc(CCl)oc2Br)CC1. The monoisotopic (exact) mass is 398 g/mol. The molecule has 0 aromatic carbocycles. The standard InChI is InChI=1S/C13H20BrClN2O3S/c1-16-5-3-10(4-6-16)9-17(2)21(18,19)12-7-11(8-15)20-13(12)14/h7,10H,3-6,8-9H2,1-2H3. The van der Waals surface area contributed by atoms with Crippen LogP contribution >= 0.6 is 27.5 Å². The molecule has 0 amide bonds. The molecule has 1 aliphatic heterocycles. The van der Waals surface area contributed by atoms with Crippen molar-refractivity contribution in [1.29, 1.82) is 0 Å². The lowest BCUT2D eigenvalue weighted by Gasteiger charge is -2.31. The normalized spacial score (nSPS) is 18.5. The van der Waals surface area contributed by atoms with Crippen LogP contribution in [0.1, 0.15) is 18.6 Å². The zero-order valence-electron chi connectivity index (χ0n) is 12.2. The molecule has 8 heteroatoms. The van der Waals surface area contributed by atoms with Gasteiger partial charge in [0.1, 0.15) is 10.7 Å². The van der Waals surface area contributed by atoms with Crippen LogP contribution in [0.4, 0.5) is 0 Å². The number of alkyl halides is 1. The minimum absolute atomic E-state index is 0.146. The zero-order valence-corrected chi connectivity index (χ0v) is 15.3. The van der Waals surface area contributed by atoms with Gasteiger partial charge in [-0.05, 0) is 54.8 Å². The smallest absolute Gasteiger partial charge is 0.247 e.